The number of benzene rings is 2. The van der Waals surface area contributed by atoms with E-state index in [0.717, 1.165) is 27.1 Å². The zero-order chi connectivity index (χ0) is 21.0. The quantitative estimate of drug-likeness (QED) is 0.421. The third kappa shape index (κ3) is 5.35. The van der Waals surface area contributed by atoms with Gasteiger partial charge in [0.05, 0.1) is 6.21 Å². The van der Waals surface area contributed by atoms with E-state index in [4.69, 9.17) is 4.74 Å². The molecule has 1 aromatic heterocycles. The highest BCUT2D eigenvalue weighted by Gasteiger charge is 2.10. The van der Waals surface area contributed by atoms with Crippen molar-refractivity contribution in [2.24, 2.45) is 5.10 Å². The summed E-state index contributed by atoms with van der Waals surface area (Å²) in [5.74, 6) is 0.316. The third-order valence-electron chi connectivity index (χ3n) is 4.51. The first-order chi connectivity index (χ1) is 13.8. The fourth-order valence-corrected chi connectivity index (χ4v) is 3.55. The Bertz CT molecular complexity index is 1030. The predicted octanol–water partition coefficient (Wildman–Crippen LogP) is 5.00. The number of hydrogen-bond acceptors (Lipinski definition) is 3. The van der Waals surface area contributed by atoms with Crippen LogP contribution in [0.25, 0.3) is 5.69 Å². The number of aromatic nitrogens is 1. The second-order valence-corrected chi connectivity index (χ2v) is 7.96. The maximum absolute atomic E-state index is 12.0. The molecule has 0 radical (unpaired) electrons. The average molecular weight is 454 g/mol. The first kappa shape index (κ1) is 20.9. The SMILES string of the molecule is Cc1cc(C)cc(-n2c(C)cc(/C=N\NC(=O)COc3ccc(Br)cc3)c2C)c1. The molecule has 150 valence electrons. The van der Waals surface area contributed by atoms with E-state index in [1.54, 1.807) is 18.3 Å². The van der Waals surface area contributed by atoms with E-state index < -0.39 is 0 Å². The number of rotatable bonds is 6. The van der Waals surface area contributed by atoms with Crippen LogP contribution in [-0.4, -0.2) is 23.3 Å². The van der Waals surface area contributed by atoms with Gasteiger partial charge in [-0.1, -0.05) is 22.0 Å². The zero-order valence-electron chi connectivity index (χ0n) is 17.0. The molecule has 0 saturated heterocycles. The smallest absolute Gasteiger partial charge is 0.277 e. The van der Waals surface area contributed by atoms with Crippen molar-refractivity contribution in [3.63, 3.8) is 0 Å². The number of carbonyl (C=O) groups is 1. The molecule has 1 heterocycles. The fraction of sp³-hybridized carbons (Fsp3) is 0.217. The molecule has 2 aromatic carbocycles. The summed E-state index contributed by atoms with van der Waals surface area (Å²) in [5, 5.41) is 4.09. The Labute approximate surface area is 179 Å². The van der Waals surface area contributed by atoms with Crippen LogP contribution >= 0.6 is 15.9 Å². The van der Waals surface area contributed by atoms with Crippen molar-refractivity contribution >= 4 is 28.1 Å². The molecule has 0 aliphatic heterocycles. The monoisotopic (exact) mass is 453 g/mol. The van der Waals surface area contributed by atoms with Crippen molar-refractivity contribution in [3.05, 3.63) is 81.1 Å². The summed E-state index contributed by atoms with van der Waals surface area (Å²) in [6.07, 6.45) is 1.67. The van der Waals surface area contributed by atoms with Crippen LogP contribution in [0.1, 0.15) is 28.1 Å². The van der Waals surface area contributed by atoms with Gasteiger partial charge in [0, 0.05) is 27.1 Å². The van der Waals surface area contributed by atoms with Crippen molar-refractivity contribution in [3.8, 4) is 11.4 Å². The first-order valence-corrected chi connectivity index (χ1v) is 10.1. The Balaban J connectivity index is 1.65. The molecule has 3 aromatic rings. The van der Waals surface area contributed by atoms with Gasteiger partial charge in [-0.25, -0.2) is 5.43 Å². The Morgan fingerprint density at radius 1 is 1.07 bits per heavy atom. The lowest BCUT2D eigenvalue weighted by molar-refractivity contribution is -0.123. The number of hydrazone groups is 1. The standard InChI is InChI=1S/C23H24BrN3O2/c1-15-9-16(2)11-21(10-15)27-17(3)12-19(18(27)4)13-25-26-23(28)14-29-22-7-5-20(24)6-8-22/h5-13H,14H2,1-4H3,(H,26,28)/b25-13-. The topological polar surface area (TPSA) is 55.6 Å². The summed E-state index contributed by atoms with van der Waals surface area (Å²) in [6, 6.07) is 15.8. The Kier molecular flexibility index (Phi) is 6.54. The van der Waals surface area contributed by atoms with Crippen LogP contribution in [0.2, 0.25) is 0 Å². The molecule has 5 nitrogen and oxygen atoms in total. The Morgan fingerprint density at radius 3 is 2.38 bits per heavy atom. The maximum atomic E-state index is 12.0. The molecule has 1 amide bonds. The van der Waals surface area contributed by atoms with Crippen LogP contribution in [0.5, 0.6) is 5.75 Å². The van der Waals surface area contributed by atoms with Crippen LogP contribution < -0.4 is 10.2 Å². The van der Waals surface area contributed by atoms with E-state index >= 15 is 0 Å². The number of aryl methyl sites for hydroxylation is 3. The summed E-state index contributed by atoms with van der Waals surface area (Å²) in [4.78, 5) is 12.0. The van der Waals surface area contributed by atoms with Gasteiger partial charge in [0.1, 0.15) is 5.75 Å². The van der Waals surface area contributed by atoms with Gasteiger partial charge in [0.15, 0.2) is 6.61 Å². The molecular formula is C23H24BrN3O2. The van der Waals surface area contributed by atoms with E-state index in [2.05, 4.69) is 76.1 Å². The van der Waals surface area contributed by atoms with Crippen LogP contribution in [0.15, 0.2) is 58.1 Å². The summed E-state index contributed by atoms with van der Waals surface area (Å²) in [5.41, 5.74) is 9.22. The van der Waals surface area contributed by atoms with Gasteiger partial charge in [0.2, 0.25) is 0 Å². The van der Waals surface area contributed by atoms with E-state index in [1.807, 2.05) is 19.1 Å². The number of ether oxygens (including phenoxy) is 1. The largest absolute Gasteiger partial charge is 0.484 e. The Morgan fingerprint density at radius 2 is 1.72 bits per heavy atom. The summed E-state index contributed by atoms with van der Waals surface area (Å²) < 4.78 is 8.59. The van der Waals surface area contributed by atoms with Crippen molar-refractivity contribution < 1.29 is 9.53 Å². The molecule has 0 atom stereocenters. The second kappa shape index (κ2) is 9.09. The molecule has 0 saturated carbocycles. The van der Waals surface area contributed by atoms with Gasteiger partial charge in [0.25, 0.3) is 5.91 Å². The number of hydrogen-bond donors (Lipinski definition) is 1. The van der Waals surface area contributed by atoms with Crippen LogP contribution in [0.4, 0.5) is 0 Å². The van der Waals surface area contributed by atoms with Gasteiger partial charge in [-0.15, -0.1) is 0 Å². The van der Waals surface area contributed by atoms with Crippen molar-refractivity contribution in [1.29, 1.82) is 0 Å². The summed E-state index contributed by atoms with van der Waals surface area (Å²) >= 11 is 3.36. The van der Waals surface area contributed by atoms with Crippen LogP contribution in [-0.2, 0) is 4.79 Å². The highest BCUT2D eigenvalue weighted by molar-refractivity contribution is 9.10. The molecule has 29 heavy (non-hydrogen) atoms. The lowest BCUT2D eigenvalue weighted by Gasteiger charge is -2.11. The van der Waals surface area contributed by atoms with Crippen molar-refractivity contribution in [2.75, 3.05) is 6.61 Å². The molecule has 3 rings (SSSR count). The molecule has 0 aliphatic rings. The second-order valence-electron chi connectivity index (χ2n) is 7.04. The van der Waals surface area contributed by atoms with Gasteiger partial charge in [-0.3, -0.25) is 4.79 Å². The van der Waals surface area contributed by atoms with E-state index in [9.17, 15) is 4.79 Å². The molecule has 0 aliphatic carbocycles. The number of nitrogens with one attached hydrogen (secondary N) is 1. The minimum Gasteiger partial charge on any atom is -0.484 e. The van der Waals surface area contributed by atoms with Crippen molar-refractivity contribution in [1.82, 2.24) is 9.99 Å². The van der Waals surface area contributed by atoms with Gasteiger partial charge >= 0.3 is 0 Å². The number of carbonyl (C=O) groups excluding carboxylic acids is 1. The summed E-state index contributed by atoms with van der Waals surface area (Å²) in [7, 11) is 0. The normalized spacial score (nSPS) is 11.1. The van der Waals surface area contributed by atoms with E-state index in [0.29, 0.717) is 5.75 Å². The third-order valence-corrected chi connectivity index (χ3v) is 5.04. The molecule has 0 fully saturated rings. The van der Waals surface area contributed by atoms with E-state index in [1.165, 1.54) is 11.1 Å². The molecule has 0 bridgehead atoms. The predicted molar refractivity (Wildman–Crippen MR) is 120 cm³/mol. The lowest BCUT2D eigenvalue weighted by atomic mass is 10.1. The molecule has 0 spiro atoms. The highest BCUT2D eigenvalue weighted by atomic mass is 79.9. The number of nitrogens with zero attached hydrogens (tertiary/aromatic N) is 2. The minimum atomic E-state index is -0.313. The molecular weight excluding hydrogens is 430 g/mol. The summed E-state index contributed by atoms with van der Waals surface area (Å²) in [6.45, 7) is 8.20. The van der Waals surface area contributed by atoms with Crippen LogP contribution in [0.3, 0.4) is 0 Å². The van der Waals surface area contributed by atoms with Gasteiger partial charge in [-0.2, -0.15) is 5.10 Å². The van der Waals surface area contributed by atoms with Gasteiger partial charge in [-0.05, 0) is 81.3 Å². The Hall–Kier alpha value is -2.86. The lowest BCUT2D eigenvalue weighted by Crippen LogP contribution is -2.24. The highest BCUT2D eigenvalue weighted by Crippen LogP contribution is 2.22. The molecule has 6 heteroatoms. The molecule has 1 N–H and O–H groups in total. The van der Waals surface area contributed by atoms with E-state index in [-0.39, 0.29) is 12.5 Å². The first-order valence-electron chi connectivity index (χ1n) is 9.31. The maximum Gasteiger partial charge on any atom is 0.277 e. The number of halogens is 1. The molecule has 0 unspecified atom stereocenters. The van der Waals surface area contributed by atoms with Crippen LogP contribution in [0, 0.1) is 27.7 Å². The number of amides is 1. The fourth-order valence-electron chi connectivity index (χ4n) is 3.28. The minimum absolute atomic E-state index is 0.0967. The average Bonchev–Trinajstić information content (AvgIpc) is 2.94. The zero-order valence-corrected chi connectivity index (χ0v) is 18.6. The van der Waals surface area contributed by atoms with Gasteiger partial charge < -0.3 is 9.30 Å². The van der Waals surface area contributed by atoms with Crippen molar-refractivity contribution in [2.45, 2.75) is 27.7 Å².